The molecule has 4 aromatic rings. The summed E-state index contributed by atoms with van der Waals surface area (Å²) in [5.41, 5.74) is 8.89. The summed E-state index contributed by atoms with van der Waals surface area (Å²) < 4.78 is 15.2. The van der Waals surface area contributed by atoms with Gasteiger partial charge in [-0.2, -0.15) is 5.10 Å². The van der Waals surface area contributed by atoms with Gasteiger partial charge in [-0.25, -0.2) is 9.50 Å². The van der Waals surface area contributed by atoms with Gasteiger partial charge in [-0.1, -0.05) is 87.5 Å². The van der Waals surface area contributed by atoms with Gasteiger partial charge in [0.1, 0.15) is 11.8 Å². The minimum Gasteiger partial charge on any atom is -0.405 e. The summed E-state index contributed by atoms with van der Waals surface area (Å²) in [5, 5.41) is 6.87. The lowest BCUT2D eigenvalue weighted by Crippen LogP contribution is -2.67. The summed E-state index contributed by atoms with van der Waals surface area (Å²) in [6, 6.07) is 25.4. The first kappa shape index (κ1) is 23.5. The molecule has 2 aromatic heterocycles. The molecule has 6 nitrogen and oxygen atoms in total. The summed E-state index contributed by atoms with van der Waals surface area (Å²) in [4.78, 5) is 4.08. The summed E-state index contributed by atoms with van der Waals surface area (Å²) in [6.07, 6.45) is 4.49. The number of ether oxygens (including phenoxy) is 1. The van der Waals surface area contributed by atoms with Crippen molar-refractivity contribution in [3.05, 3.63) is 90.9 Å². The SMILES string of the molecule is CC(C)(C)[Si](OCC1CC=C(c2ccc3c(N)ncnn23)CO1)(c1ccccc1)c1ccccc1. The van der Waals surface area contributed by atoms with Gasteiger partial charge in [0.15, 0.2) is 5.82 Å². The predicted octanol–water partition coefficient (Wildman–Crippen LogP) is 4.06. The Labute approximate surface area is 207 Å². The topological polar surface area (TPSA) is 74.7 Å². The van der Waals surface area contributed by atoms with Crippen LogP contribution in [-0.4, -0.2) is 42.2 Å². The Morgan fingerprint density at radius 3 is 2.23 bits per heavy atom. The van der Waals surface area contributed by atoms with Gasteiger partial charge >= 0.3 is 0 Å². The molecule has 0 spiro atoms. The number of benzene rings is 2. The van der Waals surface area contributed by atoms with Gasteiger partial charge in [0.2, 0.25) is 0 Å². The van der Waals surface area contributed by atoms with Crippen molar-refractivity contribution in [3.8, 4) is 0 Å². The number of nitrogens with two attached hydrogens (primary N) is 1. The van der Waals surface area contributed by atoms with E-state index in [-0.39, 0.29) is 11.1 Å². The zero-order chi connectivity index (χ0) is 24.5. The maximum Gasteiger partial charge on any atom is 0.261 e. The van der Waals surface area contributed by atoms with Gasteiger partial charge < -0.3 is 14.9 Å². The molecule has 0 saturated heterocycles. The maximum atomic E-state index is 7.06. The normalized spacial score (nSPS) is 16.9. The van der Waals surface area contributed by atoms with Crippen LogP contribution in [0.2, 0.25) is 5.04 Å². The van der Waals surface area contributed by atoms with Crippen LogP contribution in [0.1, 0.15) is 32.9 Å². The van der Waals surface area contributed by atoms with Crippen LogP contribution in [0.25, 0.3) is 11.1 Å². The van der Waals surface area contributed by atoms with Crippen molar-refractivity contribution < 1.29 is 9.16 Å². The largest absolute Gasteiger partial charge is 0.405 e. The molecule has 35 heavy (non-hydrogen) atoms. The quantitative estimate of drug-likeness (QED) is 0.418. The van der Waals surface area contributed by atoms with E-state index in [0.717, 1.165) is 23.2 Å². The van der Waals surface area contributed by atoms with Crippen molar-refractivity contribution in [2.75, 3.05) is 18.9 Å². The predicted molar refractivity (Wildman–Crippen MR) is 143 cm³/mol. The summed E-state index contributed by atoms with van der Waals surface area (Å²) >= 11 is 0. The van der Waals surface area contributed by atoms with E-state index in [1.54, 1.807) is 0 Å². The Hall–Kier alpha value is -3.26. The van der Waals surface area contributed by atoms with Crippen LogP contribution in [0, 0.1) is 0 Å². The molecule has 1 atom stereocenters. The van der Waals surface area contributed by atoms with E-state index >= 15 is 0 Å². The van der Waals surface area contributed by atoms with Crippen molar-refractivity contribution in [1.82, 2.24) is 14.6 Å². The molecule has 0 saturated carbocycles. The first-order chi connectivity index (χ1) is 16.9. The molecule has 1 aliphatic rings. The lowest BCUT2D eigenvalue weighted by Gasteiger charge is -2.43. The molecular formula is C28H32N4O2Si. The van der Waals surface area contributed by atoms with E-state index in [9.17, 15) is 0 Å². The highest BCUT2D eigenvalue weighted by Crippen LogP contribution is 2.37. The Kier molecular flexibility index (Phi) is 6.31. The summed E-state index contributed by atoms with van der Waals surface area (Å²) in [7, 11) is -2.58. The van der Waals surface area contributed by atoms with Gasteiger partial charge in [0.05, 0.1) is 25.0 Å². The monoisotopic (exact) mass is 484 g/mol. The molecule has 0 aliphatic carbocycles. The number of aromatic nitrogens is 3. The third-order valence-corrected chi connectivity index (χ3v) is 11.8. The van der Waals surface area contributed by atoms with Crippen molar-refractivity contribution in [1.29, 1.82) is 0 Å². The van der Waals surface area contributed by atoms with Crippen LogP contribution in [0.3, 0.4) is 0 Å². The Morgan fingerprint density at radius 2 is 1.66 bits per heavy atom. The number of fused-ring (bicyclic) bond motifs is 1. The zero-order valence-electron chi connectivity index (χ0n) is 20.5. The molecule has 7 heteroatoms. The molecule has 2 aromatic carbocycles. The van der Waals surface area contributed by atoms with Crippen molar-refractivity contribution in [2.24, 2.45) is 0 Å². The number of anilines is 1. The standard InChI is InChI=1S/C28H32N4O2Si/c1-28(2,3)35(23-10-6-4-7-11-23,24-12-8-5-9-13-24)34-19-22-15-14-21(18-33-22)25-16-17-26-27(29)30-20-31-32(25)26/h4-14,16-17,20,22H,15,18-19H2,1-3H3,(H2,29,30,31). The van der Waals surface area contributed by atoms with E-state index in [1.165, 1.54) is 16.7 Å². The number of nitrogens with zero attached hydrogens (tertiary/aromatic N) is 3. The van der Waals surface area contributed by atoms with Gasteiger partial charge in [-0.15, -0.1) is 0 Å². The maximum absolute atomic E-state index is 7.06. The molecule has 1 aliphatic heterocycles. The van der Waals surface area contributed by atoms with Gasteiger partial charge in [-0.05, 0) is 39.5 Å². The molecule has 3 heterocycles. The third kappa shape index (κ3) is 4.31. The first-order valence-electron chi connectivity index (χ1n) is 12.0. The van der Waals surface area contributed by atoms with Crippen molar-refractivity contribution >= 4 is 35.6 Å². The molecule has 0 fully saturated rings. The van der Waals surface area contributed by atoms with Crippen LogP contribution in [0.15, 0.2) is 85.2 Å². The fourth-order valence-electron chi connectivity index (χ4n) is 5.08. The van der Waals surface area contributed by atoms with Gasteiger partial charge in [0.25, 0.3) is 8.32 Å². The van der Waals surface area contributed by atoms with Crippen LogP contribution in [-0.2, 0) is 9.16 Å². The summed E-state index contributed by atoms with van der Waals surface area (Å²) in [5.74, 6) is 0.472. The molecule has 0 radical (unpaired) electrons. The minimum atomic E-state index is -2.58. The lowest BCUT2D eigenvalue weighted by atomic mass is 10.1. The third-order valence-electron chi connectivity index (χ3n) is 6.82. The number of nitrogen functional groups attached to an aromatic ring is 1. The van der Waals surface area contributed by atoms with Crippen LogP contribution in [0.5, 0.6) is 0 Å². The average Bonchev–Trinajstić information content (AvgIpc) is 3.31. The minimum absolute atomic E-state index is 0.00804. The van der Waals surface area contributed by atoms with E-state index in [0.29, 0.717) is 19.0 Å². The fourth-order valence-corrected chi connectivity index (χ4v) is 9.67. The molecule has 0 bridgehead atoms. The Balaban J connectivity index is 1.40. The van der Waals surface area contributed by atoms with Crippen LogP contribution < -0.4 is 16.1 Å². The van der Waals surface area contributed by atoms with Crippen molar-refractivity contribution in [2.45, 2.75) is 38.3 Å². The second kappa shape index (κ2) is 9.41. The zero-order valence-corrected chi connectivity index (χ0v) is 21.5. The molecular weight excluding hydrogens is 452 g/mol. The Morgan fingerprint density at radius 1 is 1.00 bits per heavy atom. The molecule has 2 N–H and O–H groups in total. The van der Waals surface area contributed by atoms with E-state index < -0.39 is 8.32 Å². The second-order valence-corrected chi connectivity index (χ2v) is 14.3. The molecule has 1 unspecified atom stereocenters. The van der Waals surface area contributed by atoms with Crippen molar-refractivity contribution in [3.63, 3.8) is 0 Å². The molecule has 180 valence electrons. The van der Waals surface area contributed by atoms with E-state index in [1.807, 2.05) is 16.6 Å². The second-order valence-electron chi connectivity index (χ2n) is 10.0. The van der Waals surface area contributed by atoms with Gasteiger partial charge in [0, 0.05) is 0 Å². The number of rotatable bonds is 6. The number of hydrogen-bond donors (Lipinski definition) is 1. The fraction of sp³-hybridized carbons (Fsp3) is 0.286. The van der Waals surface area contributed by atoms with E-state index in [4.69, 9.17) is 14.9 Å². The molecule has 5 rings (SSSR count). The first-order valence-corrected chi connectivity index (χ1v) is 14.0. The number of hydrogen-bond acceptors (Lipinski definition) is 5. The van der Waals surface area contributed by atoms with Crippen LogP contribution >= 0.6 is 0 Å². The summed E-state index contributed by atoms with van der Waals surface area (Å²) in [6.45, 7) is 7.94. The highest BCUT2D eigenvalue weighted by molar-refractivity contribution is 6.99. The van der Waals surface area contributed by atoms with E-state index in [2.05, 4.69) is 97.6 Å². The lowest BCUT2D eigenvalue weighted by molar-refractivity contribution is 0.0325. The average molecular weight is 485 g/mol. The van der Waals surface area contributed by atoms with Gasteiger partial charge in [-0.3, -0.25) is 0 Å². The van der Waals surface area contributed by atoms with Crippen LogP contribution in [0.4, 0.5) is 5.82 Å². The highest BCUT2D eigenvalue weighted by atomic mass is 28.4. The molecule has 0 amide bonds. The highest BCUT2D eigenvalue weighted by Gasteiger charge is 2.50. The smallest absolute Gasteiger partial charge is 0.261 e. The Bertz CT molecular complexity index is 1290.